The van der Waals surface area contributed by atoms with Crippen molar-refractivity contribution >= 4 is 23.2 Å². The summed E-state index contributed by atoms with van der Waals surface area (Å²) in [6, 6.07) is 7.26. The summed E-state index contributed by atoms with van der Waals surface area (Å²) in [6.07, 6.45) is 0. The van der Waals surface area contributed by atoms with Crippen molar-refractivity contribution in [1.29, 1.82) is 0 Å². The standard InChI is InChI=1S/C10H7Cl2NO/c1-6-4-7(11)2-3-8(6)9-5-10(12)14-13-9/h2-5H,1H3. The van der Waals surface area contributed by atoms with Gasteiger partial charge in [-0.15, -0.1) is 0 Å². The fourth-order valence-corrected chi connectivity index (χ4v) is 1.66. The van der Waals surface area contributed by atoms with Crippen LogP contribution in [0.1, 0.15) is 5.56 Å². The lowest BCUT2D eigenvalue weighted by Gasteiger charge is -2.01. The van der Waals surface area contributed by atoms with E-state index >= 15 is 0 Å². The van der Waals surface area contributed by atoms with E-state index in [-0.39, 0.29) is 5.22 Å². The van der Waals surface area contributed by atoms with Gasteiger partial charge in [0.15, 0.2) is 0 Å². The minimum atomic E-state index is 0.286. The first kappa shape index (κ1) is 9.56. The lowest BCUT2D eigenvalue weighted by atomic mass is 10.1. The minimum absolute atomic E-state index is 0.286. The van der Waals surface area contributed by atoms with E-state index in [1.807, 2.05) is 25.1 Å². The molecule has 0 unspecified atom stereocenters. The molecule has 1 heterocycles. The maximum absolute atomic E-state index is 5.84. The molecular weight excluding hydrogens is 221 g/mol. The van der Waals surface area contributed by atoms with Gasteiger partial charge in [-0.25, -0.2) is 0 Å². The van der Waals surface area contributed by atoms with Gasteiger partial charge in [-0.3, -0.25) is 0 Å². The third kappa shape index (κ3) is 1.76. The second-order valence-corrected chi connectivity index (χ2v) is 3.78. The van der Waals surface area contributed by atoms with E-state index in [2.05, 4.69) is 5.16 Å². The van der Waals surface area contributed by atoms with Crippen molar-refractivity contribution in [2.75, 3.05) is 0 Å². The Morgan fingerprint density at radius 3 is 2.57 bits per heavy atom. The second-order valence-electron chi connectivity index (χ2n) is 2.98. The molecule has 72 valence electrons. The van der Waals surface area contributed by atoms with Crippen molar-refractivity contribution in [2.24, 2.45) is 0 Å². The Balaban J connectivity index is 2.52. The summed E-state index contributed by atoms with van der Waals surface area (Å²) in [5.41, 5.74) is 2.75. The first-order chi connectivity index (χ1) is 6.66. The Morgan fingerprint density at radius 2 is 2.00 bits per heavy atom. The molecule has 0 spiro atoms. The van der Waals surface area contributed by atoms with Crippen molar-refractivity contribution in [1.82, 2.24) is 5.16 Å². The topological polar surface area (TPSA) is 26.0 Å². The van der Waals surface area contributed by atoms with Crippen LogP contribution >= 0.6 is 23.2 Å². The summed E-state index contributed by atoms with van der Waals surface area (Å²) in [7, 11) is 0. The van der Waals surface area contributed by atoms with E-state index < -0.39 is 0 Å². The Labute approximate surface area is 91.4 Å². The van der Waals surface area contributed by atoms with Gasteiger partial charge in [-0.05, 0) is 36.2 Å². The van der Waals surface area contributed by atoms with Crippen molar-refractivity contribution in [3.05, 3.63) is 40.1 Å². The highest BCUT2D eigenvalue weighted by atomic mass is 35.5. The molecule has 0 N–H and O–H groups in total. The molecule has 0 atom stereocenters. The molecule has 0 fully saturated rings. The number of hydrogen-bond acceptors (Lipinski definition) is 2. The highest BCUT2D eigenvalue weighted by Crippen LogP contribution is 2.26. The van der Waals surface area contributed by atoms with E-state index in [9.17, 15) is 0 Å². The zero-order valence-electron chi connectivity index (χ0n) is 7.42. The van der Waals surface area contributed by atoms with Gasteiger partial charge in [0.05, 0.1) is 0 Å². The molecule has 0 saturated carbocycles. The zero-order valence-corrected chi connectivity index (χ0v) is 8.93. The van der Waals surface area contributed by atoms with Gasteiger partial charge in [-0.1, -0.05) is 22.8 Å². The van der Waals surface area contributed by atoms with Crippen LogP contribution in [-0.4, -0.2) is 5.16 Å². The van der Waals surface area contributed by atoms with Crippen molar-refractivity contribution in [3.8, 4) is 11.3 Å². The average molecular weight is 228 g/mol. The molecule has 0 saturated heterocycles. The van der Waals surface area contributed by atoms with Crippen LogP contribution in [0.5, 0.6) is 0 Å². The van der Waals surface area contributed by atoms with Crippen LogP contribution in [0.25, 0.3) is 11.3 Å². The summed E-state index contributed by atoms with van der Waals surface area (Å²) >= 11 is 11.5. The first-order valence-corrected chi connectivity index (χ1v) is 4.81. The molecule has 0 amide bonds. The van der Waals surface area contributed by atoms with Crippen molar-refractivity contribution in [3.63, 3.8) is 0 Å². The molecule has 0 bridgehead atoms. The fourth-order valence-electron chi connectivity index (χ4n) is 1.29. The molecule has 0 aliphatic rings. The Hall–Kier alpha value is -0.990. The number of hydrogen-bond donors (Lipinski definition) is 0. The van der Waals surface area contributed by atoms with Gasteiger partial charge >= 0.3 is 0 Å². The molecule has 0 aliphatic heterocycles. The number of aromatic nitrogens is 1. The monoisotopic (exact) mass is 227 g/mol. The molecular formula is C10H7Cl2NO. The van der Waals surface area contributed by atoms with Crippen molar-refractivity contribution < 1.29 is 4.52 Å². The van der Waals surface area contributed by atoms with Gasteiger partial charge in [-0.2, -0.15) is 0 Å². The highest BCUT2D eigenvalue weighted by Gasteiger charge is 2.07. The summed E-state index contributed by atoms with van der Waals surface area (Å²) in [6.45, 7) is 1.96. The minimum Gasteiger partial charge on any atom is -0.344 e. The largest absolute Gasteiger partial charge is 0.344 e. The lowest BCUT2D eigenvalue weighted by Crippen LogP contribution is -1.82. The maximum Gasteiger partial charge on any atom is 0.226 e. The van der Waals surface area contributed by atoms with Crippen LogP contribution in [0.3, 0.4) is 0 Å². The molecule has 1 aromatic heterocycles. The van der Waals surface area contributed by atoms with Gasteiger partial charge in [0.25, 0.3) is 0 Å². The van der Waals surface area contributed by atoms with Crippen LogP contribution in [-0.2, 0) is 0 Å². The lowest BCUT2D eigenvalue weighted by molar-refractivity contribution is 0.424. The molecule has 0 aliphatic carbocycles. The van der Waals surface area contributed by atoms with E-state index in [1.165, 1.54) is 0 Å². The normalized spacial score (nSPS) is 10.5. The number of halogens is 2. The number of aryl methyl sites for hydroxylation is 1. The van der Waals surface area contributed by atoms with E-state index in [4.69, 9.17) is 27.7 Å². The zero-order chi connectivity index (χ0) is 10.1. The summed E-state index contributed by atoms with van der Waals surface area (Å²) in [5, 5.41) is 4.82. The van der Waals surface area contributed by atoms with Crippen LogP contribution in [0, 0.1) is 6.92 Å². The van der Waals surface area contributed by atoms with Crippen LogP contribution in [0.2, 0.25) is 10.2 Å². The Kier molecular flexibility index (Phi) is 2.48. The predicted octanol–water partition coefficient (Wildman–Crippen LogP) is 3.96. The van der Waals surface area contributed by atoms with Crippen LogP contribution in [0.4, 0.5) is 0 Å². The summed E-state index contributed by atoms with van der Waals surface area (Å²) in [4.78, 5) is 0. The SMILES string of the molecule is Cc1cc(Cl)ccc1-c1cc(Cl)on1. The van der Waals surface area contributed by atoms with E-state index in [0.29, 0.717) is 5.02 Å². The second kappa shape index (κ2) is 3.64. The smallest absolute Gasteiger partial charge is 0.226 e. The first-order valence-electron chi connectivity index (χ1n) is 4.05. The molecule has 1 aromatic carbocycles. The summed E-state index contributed by atoms with van der Waals surface area (Å²) in [5.74, 6) is 0. The number of rotatable bonds is 1. The Bertz CT molecular complexity index is 465. The van der Waals surface area contributed by atoms with Gasteiger partial charge in [0.2, 0.25) is 5.22 Å². The summed E-state index contributed by atoms with van der Waals surface area (Å²) < 4.78 is 4.79. The molecule has 2 nitrogen and oxygen atoms in total. The third-order valence-corrected chi connectivity index (χ3v) is 2.36. The number of benzene rings is 1. The highest BCUT2D eigenvalue weighted by molar-refractivity contribution is 6.30. The predicted molar refractivity (Wildman–Crippen MR) is 56.7 cm³/mol. The van der Waals surface area contributed by atoms with Crippen LogP contribution in [0.15, 0.2) is 28.8 Å². The van der Waals surface area contributed by atoms with Gasteiger partial charge in [0.1, 0.15) is 5.69 Å². The molecule has 0 radical (unpaired) electrons. The van der Waals surface area contributed by atoms with Crippen LogP contribution < -0.4 is 0 Å². The average Bonchev–Trinajstić information content (AvgIpc) is 2.51. The van der Waals surface area contributed by atoms with Crippen molar-refractivity contribution in [2.45, 2.75) is 6.92 Å². The molecule has 14 heavy (non-hydrogen) atoms. The quantitative estimate of drug-likeness (QED) is 0.738. The molecule has 2 aromatic rings. The molecule has 2 rings (SSSR count). The Morgan fingerprint density at radius 1 is 1.21 bits per heavy atom. The number of nitrogens with zero attached hydrogens (tertiary/aromatic N) is 1. The fraction of sp³-hybridized carbons (Fsp3) is 0.100. The maximum atomic E-state index is 5.84. The van der Waals surface area contributed by atoms with Gasteiger partial charge < -0.3 is 4.52 Å². The van der Waals surface area contributed by atoms with Gasteiger partial charge in [0, 0.05) is 16.7 Å². The van der Waals surface area contributed by atoms with E-state index in [1.54, 1.807) is 6.07 Å². The third-order valence-electron chi connectivity index (χ3n) is 1.95. The van der Waals surface area contributed by atoms with E-state index in [0.717, 1.165) is 16.8 Å². The molecule has 4 heteroatoms.